The average Bonchev–Trinajstić information content (AvgIpc) is 3.07. The number of carboxylic acid groups (broad SMARTS) is 1. The molecule has 0 saturated heterocycles. The fourth-order valence-corrected chi connectivity index (χ4v) is 3.92. The first kappa shape index (κ1) is 19.8. The number of amides is 2. The number of fused-ring (bicyclic) bond motifs is 2. The summed E-state index contributed by atoms with van der Waals surface area (Å²) in [5, 5.41) is 15.4. The number of carbonyl (C=O) groups is 2. The van der Waals surface area contributed by atoms with Crippen molar-refractivity contribution in [2.45, 2.75) is 25.3 Å². The summed E-state index contributed by atoms with van der Waals surface area (Å²) in [6, 6.07) is 15.4. The van der Waals surface area contributed by atoms with Crippen LogP contribution in [0.3, 0.4) is 0 Å². The van der Waals surface area contributed by atoms with Crippen molar-refractivity contribution in [1.82, 2.24) is 20.2 Å². The maximum absolute atomic E-state index is 12.7. The maximum Gasteiger partial charge on any atom is 0.317 e. The van der Waals surface area contributed by atoms with Crippen LogP contribution >= 0.6 is 0 Å². The number of carboxylic acids is 1. The van der Waals surface area contributed by atoms with E-state index in [4.69, 9.17) is 0 Å². The highest BCUT2D eigenvalue weighted by atomic mass is 16.4. The summed E-state index contributed by atoms with van der Waals surface area (Å²) in [5.41, 5.74) is 3.89. The molecule has 1 aliphatic rings. The Labute approximate surface area is 174 Å². The van der Waals surface area contributed by atoms with Gasteiger partial charge in [0.25, 0.3) is 0 Å². The molecule has 0 bridgehead atoms. The van der Waals surface area contributed by atoms with E-state index in [2.05, 4.69) is 20.6 Å². The van der Waals surface area contributed by atoms with Gasteiger partial charge >= 0.3 is 12.0 Å². The molecule has 3 aromatic rings. The minimum Gasteiger partial charge on any atom is -0.481 e. The van der Waals surface area contributed by atoms with Crippen molar-refractivity contribution in [1.29, 1.82) is 0 Å². The first-order valence-corrected chi connectivity index (χ1v) is 10.1. The molecule has 4 N–H and O–H groups in total. The fraction of sp³-hybridized carbons (Fsp3) is 0.318. The van der Waals surface area contributed by atoms with Crippen molar-refractivity contribution in [2.75, 3.05) is 25.0 Å². The molecule has 4 rings (SSSR count). The van der Waals surface area contributed by atoms with Crippen LogP contribution in [0.15, 0.2) is 48.5 Å². The number of aliphatic carboxylic acids is 1. The summed E-state index contributed by atoms with van der Waals surface area (Å²) in [7, 11) is 0. The third-order valence-corrected chi connectivity index (χ3v) is 5.39. The van der Waals surface area contributed by atoms with Gasteiger partial charge < -0.3 is 25.6 Å². The van der Waals surface area contributed by atoms with Crippen LogP contribution in [0.25, 0.3) is 11.0 Å². The zero-order valence-electron chi connectivity index (χ0n) is 16.6. The molecule has 2 heterocycles. The van der Waals surface area contributed by atoms with Crippen molar-refractivity contribution in [3.05, 3.63) is 59.7 Å². The van der Waals surface area contributed by atoms with Crippen molar-refractivity contribution >= 4 is 29.0 Å². The average molecular weight is 407 g/mol. The van der Waals surface area contributed by atoms with Crippen LogP contribution in [0.4, 0.5) is 10.7 Å². The molecule has 0 fully saturated rings. The second-order valence-corrected chi connectivity index (χ2v) is 7.47. The van der Waals surface area contributed by atoms with E-state index < -0.39 is 5.97 Å². The molecule has 8 heteroatoms. The number of nitrogens with zero attached hydrogens (tertiary/aromatic N) is 2. The van der Waals surface area contributed by atoms with Crippen molar-refractivity contribution in [3.63, 3.8) is 0 Å². The van der Waals surface area contributed by atoms with Crippen LogP contribution in [-0.4, -0.2) is 51.6 Å². The molecule has 8 nitrogen and oxygen atoms in total. The van der Waals surface area contributed by atoms with Crippen molar-refractivity contribution < 1.29 is 14.7 Å². The van der Waals surface area contributed by atoms with Gasteiger partial charge in [-0.2, -0.15) is 0 Å². The molecular weight excluding hydrogens is 382 g/mol. The Morgan fingerprint density at radius 1 is 1.13 bits per heavy atom. The summed E-state index contributed by atoms with van der Waals surface area (Å²) < 4.78 is 0. The topological polar surface area (TPSA) is 110 Å². The molecule has 1 aromatic heterocycles. The molecule has 0 saturated carbocycles. The molecular formula is C22H25N5O3. The molecule has 2 aromatic carbocycles. The van der Waals surface area contributed by atoms with E-state index in [1.807, 2.05) is 48.5 Å². The second kappa shape index (κ2) is 8.86. The standard InChI is InChI=1S/C22H25N5O3/c28-20(29)13-15-9-12-27(14-16-5-1-2-6-17(15)16)22(30)24-11-10-23-21-25-18-7-3-4-8-19(18)26-21/h1-8,15H,9-14H2,(H,24,30)(H,28,29)(H2,23,25,26). The van der Waals surface area contributed by atoms with Gasteiger partial charge in [-0.3, -0.25) is 4.79 Å². The number of aromatic amines is 1. The van der Waals surface area contributed by atoms with Gasteiger partial charge in [-0.05, 0) is 35.6 Å². The lowest BCUT2D eigenvalue weighted by Gasteiger charge is -2.21. The summed E-state index contributed by atoms with van der Waals surface area (Å²) in [4.78, 5) is 33.3. The lowest BCUT2D eigenvalue weighted by Crippen LogP contribution is -2.41. The van der Waals surface area contributed by atoms with E-state index >= 15 is 0 Å². The Morgan fingerprint density at radius 3 is 2.77 bits per heavy atom. The van der Waals surface area contributed by atoms with Gasteiger partial charge in [-0.25, -0.2) is 9.78 Å². The van der Waals surface area contributed by atoms with Gasteiger partial charge in [0.05, 0.1) is 17.5 Å². The third-order valence-electron chi connectivity index (χ3n) is 5.39. The van der Waals surface area contributed by atoms with E-state index in [0.717, 1.165) is 22.2 Å². The zero-order chi connectivity index (χ0) is 20.9. The number of rotatable bonds is 6. The number of urea groups is 1. The van der Waals surface area contributed by atoms with Gasteiger partial charge in [0.1, 0.15) is 0 Å². The number of imidazole rings is 1. The zero-order valence-corrected chi connectivity index (χ0v) is 16.6. The molecule has 30 heavy (non-hydrogen) atoms. The molecule has 0 spiro atoms. The Kier molecular flexibility index (Phi) is 5.83. The number of carbonyl (C=O) groups excluding carboxylic acids is 1. The molecule has 1 atom stereocenters. The van der Waals surface area contributed by atoms with Gasteiger partial charge in [0.2, 0.25) is 5.95 Å². The number of hydrogen-bond acceptors (Lipinski definition) is 4. The van der Waals surface area contributed by atoms with E-state index in [1.165, 1.54) is 0 Å². The minimum absolute atomic E-state index is 0.0773. The largest absolute Gasteiger partial charge is 0.481 e. The molecule has 1 aliphatic heterocycles. The Hall–Kier alpha value is -3.55. The molecule has 0 aliphatic carbocycles. The summed E-state index contributed by atoms with van der Waals surface area (Å²) >= 11 is 0. The SMILES string of the molecule is O=C(O)CC1CCN(C(=O)NCCNc2nc3ccccc3[nH]2)Cc2ccccc21. The van der Waals surface area contributed by atoms with Gasteiger partial charge in [-0.15, -0.1) is 0 Å². The quantitative estimate of drug-likeness (QED) is 0.469. The van der Waals surface area contributed by atoms with E-state index in [9.17, 15) is 14.7 Å². The van der Waals surface area contributed by atoms with Crippen LogP contribution < -0.4 is 10.6 Å². The van der Waals surface area contributed by atoms with Crippen LogP contribution in [0, 0.1) is 0 Å². The normalized spacial score (nSPS) is 16.0. The lowest BCUT2D eigenvalue weighted by atomic mass is 9.90. The predicted molar refractivity (Wildman–Crippen MR) is 114 cm³/mol. The van der Waals surface area contributed by atoms with E-state index in [0.29, 0.717) is 38.5 Å². The van der Waals surface area contributed by atoms with Gasteiger partial charge in [-0.1, -0.05) is 36.4 Å². The first-order chi connectivity index (χ1) is 14.6. The first-order valence-electron chi connectivity index (χ1n) is 10.1. The Balaban J connectivity index is 1.31. The number of benzene rings is 2. The summed E-state index contributed by atoms with van der Waals surface area (Å²) in [5.74, 6) is -0.221. The smallest absolute Gasteiger partial charge is 0.317 e. The maximum atomic E-state index is 12.7. The predicted octanol–water partition coefficient (Wildman–Crippen LogP) is 3.15. The summed E-state index contributed by atoms with van der Waals surface area (Å²) in [6.07, 6.45) is 0.710. The van der Waals surface area contributed by atoms with Gasteiger partial charge in [0.15, 0.2) is 0 Å². The van der Waals surface area contributed by atoms with Gasteiger partial charge in [0, 0.05) is 26.2 Å². The number of nitrogens with one attached hydrogen (secondary N) is 3. The highest BCUT2D eigenvalue weighted by molar-refractivity contribution is 5.77. The molecule has 2 amide bonds. The number of anilines is 1. The Bertz CT molecular complexity index is 1010. The Morgan fingerprint density at radius 2 is 1.93 bits per heavy atom. The minimum atomic E-state index is -0.815. The second-order valence-electron chi connectivity index (χ2n) is 7.47. The van der Waals surface area contributed by atoms with Crippen LogP contribution in [0.5, 0.6) is 0 Å². The fourth-order valence-electron chi connectivity index (χ4n) is 3.92. The van der Waals surface area contributed by atoms with Crippen molar-refractivity contribution in [2.24, 2.45) is 0 Å². The van der Waals surface area contributed by atoms with E-state index in [1.54, 1.807) is 4.90 Å². The lowest BCUT2D eigenvalue weighted by molar-refractivity contribution is -0.137. The number of hydrogen-bond donors (Lipinski definition) is 4. The number of H-pyrrole nitrogens is 1. The molecule has 156 valence electrons. The van der Waals surface area contributed by atoms with Crippen LogP contribution in [-0.2, 0) is 11.3 Å². The van der Waals surface area contributed by atoms with Crippen molar-refractivity contribution in [3.8, 4) is 0 Å². The van der Waals surface area contributed by atoms with Crippen LogP contribution in [0.1, 0.15) is 29.9 Å². The number of para-hydroxylation sites is 2. The number of aromatic nitrogens is 2. The molecule has 0 radical (unpaired) electrons. The highest BCUT2D eigenvalue weighted by Gasteiger charge is 2.26. The monoisotopic (exact) mass is 407 g/mol. The van der Waals surface area contributed by atoms with E-state index in [-0.39, 0.29) is 18.4 Å². The third kappa shape index (κ3) is 4.53. The summed E-state index contributed by atoms with van der Waals surface area (Å²) in [6.45, 7) is 1.99. The molecule has 1 unspecified atom stereocenters. The highest BCUT2D eigenvalue weighted by Crippen LogP contribution is 2.31. The van der Waals surface area contributed by atoms with Crippen LogP contribution in [0.2, 0.25) is 0 Å².